The van der Waals surface area contributed by atoms with E-state index in [-0.39, 0.29) is 0 Å². The first-order valence-electron chi connectivity index (χ1n) is 4.81. The van der Waals surface area contributed by atoms with Crippen LogP contribution in [0, 0.1) is 5.92 Å². The molecule has 0 aromatic heterocycles. The summed E-state index contributed by atoms with van der Waals surface area (Å²) in [6, 6.07) is 0.388. The maximum Gasteiger partial charge on any atom is 0.0170 e. The van der Waals surface area contributed by atoms with Gasteiger partial charge in [-0.25, -0.2) is 0 Å². The van der Waals surface area contributed by atoms with Gasteiger partial charge in [0.1, 0.15) is 0 Å². The highest BCUT2D eigenvalue weighted by atomic mass is 15.1. The fraction of sp³-hybridized carbons (Fsp3) is 0.800. The van der Waals surface area contributed by atoms with Gasteiger partial charge in [0.2, 0.25) is 0 Å². The second-order valence-corrected chi connectivity index (χ2v) is 3.89. The molecule has 0 aromatic carbocycles. The van der Waals surface area contributed by atoms with E-state index in [0.717, 1.165) is 19.0 Å². The molecule has 1 aliphatic rings. The third-order valence-corrected chi connectivity index (χ3v) is 2.37. The minimum atomic E-state index is 0.388. The first kappa shape index (κ1) is 9.75. The van der Waals surface area contributed by atoms with Crippen molar-refractivity contribution in [2.75, 3.05) is 19.6 Å². The van der Waals surface area contributed by atoms with Crippen molar-refractivity contribution in [3.8, 4) is 0 Å². The Balaban J connectivity index is 2.33. The fourth-order valence-electron chi connectivity index (χ4n) is 1.92. The second-order valence-electron chi connectivity index (χ2n) is 3.89. The normalized spacial score (nSPS) is 32.9. The van der Waals surface area contributed by atoms with Crippen molar-refractivity contribution in [1.82, 2.24) is 4.90 Å². The second kappa shape index (κ2) is 4.63. The third-order valence-electron chi connectivity index (χ3n) is 2.37. The molecule has 0 saturated carbocycles. The van der Waals surface area contributed by atoms with Crippen molar-refractivity contribution in [3.05, 3.63) is 12.2 Å². The zero-order valence-corrected chi connectivity index (χ0v) is 8.16. The third kappa shape index (κ3) is 2.95. The molecule has 1 saturated heterocycles. The van der Waals surface area contributed by atoms with Gasteiger partial charge in [-0.3, -0.25) is 4.90 Å². The van der Waals surface area contributed by atoms with Crippen molar-refractivity contribution >= 4 is 0 Å². The average molecular weight is 168 g/mol. The molecule has 0 bridgehead atoms. The molecular weight excluding hydrogens is 148 g/mol. The smallest absolute Gasteiger partial charge is 0.0170 e. The van der Waals surface area contributed by atoms with Crippen molar-refractivity contribution in [2.45, 2.75) is 26.3 Å². The van der Waals surface area contributed by atoms with E-state index in [1.165, 1.54) is 13.0 Å². The van der Waals surface area contributed by atoms with Crippen LogP contribution in [0.25, 0.3) is 0 Å². The van der Waals surface area contributed by atoms with Crippen LogP contribution in [0.3, 0.4) is 0 Å². The Bertz CT molecular complexity index is 144. The Morgan fingerprint density at radius 3 is 2.83 bits per heavy atom. The number of likely N-dealkylation sites (tertiary alicyclic amines) is 1. The van der Waals surface area contributed by atoms with E-state index in [2.05, 4.69) is 30.9 Å². The van der Waals surface area contributed by atoms with Crippen LogP contribution in [0.4, 0.5) is 0 Å². The highest BCUT2D eigenvalue weighted by Gasteiger charge is 2.20. The van der Waals surface area contributed by atoms with Gasteiger partial charge in [-0.15, -0.1) is 0 Å². The van der Waals surface area contributed by atoms with E-state index in [4.69, 9.17) is 5.73 Å². The van der Waals surface area contributed by atoms with Crippen LogP contribution in [-0.4, -0.2) is 30.6 Å². The van der Waals surface area contributed by atoms with Gasteiger partial charge in [0.15, 0.2) is 0 Å². The molecule has 0 spiro atoms. The van der Waals surface area contributed by atoms with Crippen LogP contribution in [0.15, 0.2) is 12.2 Å². The van der Waals surface area contributed by atoms with E-state index in [1.54, 1.807) is 0 Å². The molecular formula is C10H20N2. The lowest BCUT2D eigenvalue weighted by molar-refractivity contribution is 0.181. The molecule has 1 aliphatic heterocycles. The summed E-state index contributed by atoms with van der Waals surface area (Å²) in [5.41, 5.74) is 5.92. The summed E-state index contributed by atoms with van der Waals surface area (Å²) in [6.45, 7) is 7.68. The van der Waals surface area contributed by atoms with Crippen LogP contribution in [0.2, 0.25) is 0 Å². The Morgan fingerprint density at radius 2 is 2.25 bits per heavy atom. The Kier molecular flexibility index (Phi) is 3.76. The van der Waals surface area contributed by atoms with Crippen molar-refractivity contribution in [3.63, 3.8) is 0 Å². The predicted octanol–water partition coefficient (Wildman–Crippen LogP) is 1.23. The number of piperidine rings is 1. The SMILES string of the molecule is CC=CCN1CC(C)CC(N)C1. The maximum absolute atomic E-state index is 5.92. The Morgan fingerprint density at radius 1 is 1.50 bits per heavy atom. The molecule has 0 aliphatic carbocycles. The zero-order valence-electron chi connectivity index (χ0n) is 8.16. The number of hydrogen-bond donors (Lipinski definition) is 1. The molecule has 0 aromatic rings. The van der Waals surface area contributed by atoms with Gasteiger partial charge in [-0.05, 0) is 19.3 Å². The van der Waals surface area contributed by atoms with Gasteiger partial charge in [0, 0.05) is 25.7 Å². The summed E-state index contributed by atoms with van der Waals surface area (Å²) in [6.07, 6.45) is 5.49. The van der Waals surface area contributed by atoms with Crippen molar-refractivity contribution < 1.29 is 0 Å². The lowest BCUT2D eigenvalue weighted by Gasteiger charge is -2.33. The monoisotopic (exact) mass is 168 g/mol. The Labute approximate surface area is 75.4 Å². The Hall–Kier alpha value is -0.340. The van der Waals surface area contributed by atoms with E-state index in [9.17, 15) is 0 Å². The highest BCUT2D eigenvalue weighted by Crippen LogP contribution is 2.14. The largest absolute Gasteiger partial charge is 0.327 e. The van der Waals surface area contributed by atoms with Gasteiger partial charge >= 0.3 is 0 Å². The molecule has 70 valence electrons. The topological polar surface area (TPSA) is 29.3 Å². The number of rotatable bonds is 2. The first-order valence-corrected chi connectivity index (χ1v) is 4.81. The molecule has 2 N–H and O–H groups in total. The lowest BCUT2D eigenvalue weighted by atomic mass is 9.97. The van der Waals surface area contributed by atoms with Gasteiger partial charge in [0.05, 0.1) is 0 Å². The van der Waals surface area contributed by atoms with Crippen molar-refractivity contribution in [2.24, 2.45) is 11.7 Å². The van der Waals surface area contributed by atoms with E-state index in [0.29, 0.717) is 6.04 Å². The fourth-order valence-corrected chi connectivity index (χ4v) is 1.92. The van der Waals surface area contributed by atoms with E-state index < -0.39 is 0 Å². The van der Waals surface area contributed by atoms with Crippen LogP contribution >= 0.6 is 0 Å². The van der Waals surface area contributed by atoms with Crippen LogP contribution in [0.1, 0.15) is 20.3 Å². The molecule has 12 heavy (non-hydrogen) atoms. The van der Waals surface area contributed by atoms with Gasteiger partial charge < -0.3 is 5.73 Å². The number of allylic oxidation sites excluding steroid dienone is 1. The summed E-state index contributed by atoms with van der Waals surface area (Å²) >= 11 is 0. The molecule has 1 rings (SSSR count). The molecule has 2 unspecified atom stereocenters. The summed E-state index contributed by atoms with van der Waals surface area (Å²) in [7, 11) is 0. The van der Waals surface area contributed by atoms with E-state index >= 15 is 0 Å². The lowest BCUT2D eigenvalue weighted by Crippen LogP contribution is -2.46. The summed E-state index contributed by atoms with van der Waals surface area (Å²) in [5, 5.41) is 0. The summed E-state index contributed by atoms with van der Waals surface area (Å²) in [5.74, 6) is 0.763. The van der Waals surface area contributed by atoms with Gasteiger partial charge in [-0.2, -0.15) is 0 Å². The zero-order chi connectivity index (χ0) is 8.97. The number of hydrogen-bond acceptors (Lipinski definition) is 2. The predicted molar refractivity (Wildman–Crippen MR) is 53.0 cm³/mol. The van der Waals surface area contributed by atoms with Crippen LogP contribution in [0.5, 0.6) is 0 Å². The summed E-state index contributed by atoms with van der Waals surface area (Å²) in [4.78, 5) is 2.43. The minimum absolute atomic E-state index is 0.388. The average Bonchev–Trinajstić information content (AvgIpc) is 1.99. The molecule has 2 nitrogen and oxygen atoms in total. The maximum atomic E-state index is 5.92. The van der Waals surface area contributed by atoms with Crippen LogP contribution in [-0.2, 0) is 0 Å². The van der Waals surface area contributed by atoms with Gasteiger partial charge in [-0.1, -0.05) is 19.1 Å². The summed E-state index contributed by atoms with van der Waals surface area (Å²) < 4.78 is 0. The molecule has 1 fully saturated rings. The van der Waals surface area contributed by atoms with Gasteiger partial charge in [0.25, 0.3) is 0 Å². The highest BCUT2D eigenvalue weighted by molar-refractivity contribution is 4.86. The number of nitrogens with two attached hydrogens (primary N) is 1. The first-order chi connectivity index (χ1) is 5.72. The minimum Gasteiger partial charge on any atom is -0.327 e. The quantitative estimate of drug-likeness (QED) is 0.628. The molecule has 0 amide bonds. The molecule has 0 radical (unpaired) electrons. The standard InChI is InChI=1S/C10H20N2/c1-3-4-5-12-7-9(2)6-10(11)8-12/h3-4,9-10H,5-8,11H2,1-2H3. The van der Waals surface area contributed by atoms with E-state index in [1.807, 2.05) is 0 Å². The van der Waals surface area contributed by atoms with Crippen LogP contribution < -0.4 is 5.73 Å². The molecule has 2 atom stereocenters. The molecule has 1 heterocycles. The van der Waals surface area contributed by atoms with Crippen molar-refractivity contribution in [1.29, 1.82) is 0 Å². The molecule has 2 heteroatoms. The number of nitrogens with zero attached hydrogens (tertiary/aromatic N) is 1.